The van der Waals surface area contributed by atoms with E-state index >= 15 is 0 Å². The SMILES string of the molecule is CCCN(CCC)C(=O)c1cccc(NC(=O)CNc2ccc(N(C)C(C)=O)cc2)c1. The maximum atomic E-state index is 12.8. The van der Waals surface area contributed by atoms with Crippen molar-refractivity contribution in [3.8, 4) is 0 Å². The van der Waals surface area contributed by atoms with Crippen molar-refractivity contribution in [2.75, 3.05) is 42.2 Å². The fourth-order valence-corrected chi connectivity index (χ4v) is 3.14. The summed E-state index contributed by atoms with van der Waals surface area (Å²) in [6.45, 7) is 7.12. The predicted molar refractivity (Wildman–Crippen MR) is 126 cm³/mol. The first kappa shape index (κ1) is 23.9. The van der Waals surface area contributed by atoms with Gasteiger partial charge in [0.2, 0.25) is 11.8 Å². The minimum absolute atomic E-state index is 0.0199. The molecule has 2 N–H and O–H groups in total. The van der Waals surface area contributed by atoms with Crippen LogP contribution in [-0.2, 0) is 9.59 Å². The minimum atomic E-state index is -0.214. The van der Waals surface area contributed by atoms with E-state index < -0.39 is 0 Å². The van der Waals surface area contributed by atoms with Gasteiger partial charge >= 0.3 is 0 Å². The Morgan fingerprint density at radius 2 is 1.55 bits per heavy atom. The molecule has 0 fully saturated rings. The summed E-state index contributed by atoms with van der Waals surface area (Å²) >= 11 is 0. The fraction of sp³-hybridized carbons (Fsp3) is 0.375. The summed E-state index contributed by atoms with van der Waals surface area (Å²) in [5, 5.41) is 5.89. The fourth-order valence-electron chi connectivity index (χ4n) is 3.14. The van der Waals surface area contributed by atoms with Crippen LogP contribution < -0.4 is 15.5 Å². The molecule has 0 bridgehead atoms. The molecule has 0 aliphatic rings. The quantitative estimate of drug-likeness (QED) is 0.604. The summed E-state index contributed by atoms with van der Waals surface area (Å²) in [6.07, 6.45) is 1.81. The first-order valence-electron chi connectivity index (χ1n) is 10.6. The number of nitrogens with one attached hydrogen (secondary N) is 2. The van der Waals surface area contributed by atoms with Crippen LogP contribution in [0.4, 0.5) is 17.1 Å². The Labute approximate surface area is 184 Å². The van der Waals surface area contributed by atoms with Crippen LogP contribution in [-0.4, -0.2) is 49.3 Å². The predicted octanol–water partition coefficient (Wildman–Crippen LogP) is 3.98. The lowest BCUT2D eigenvalue weighted by Crippen LogP contribution is -2.32. The number of hydrogen-bond acceptors (Lipinski definition) is 4. The third-order valence-corrected chi connectivity index (χ3v) is 4.85. The highest BCUT2D eigenvalue weighted by atomic mass is 16.2. The molecular formula is C24H32N4O3. The van der Waals surface area contributed by atoms with Gasteiger partial charge in [-0.1, -0.05) is 19.9 Å². The number of benzene rings is 2. The maximum absolute atomic E-state index is 12.8. The molecule has 7 heteroatoms. The lowest BCUT2D eigenvalue weighted by atomic mass is 10.1. The second-order valence-corrected chi connectivity index (χ2v) is 7.40. The third-order valence-electron chi connectivity index (χ3n) is 4.85. The number of hydrogen-bond donors (Lipinski definition) is 2. The third kappa shape index (κ3) is 7.13. The van der Waals surface area contributed by atoms with Crippen LogP contribution in [0.25, 0.3) is 0 Å². The summed E-state index contributed by atoms with van der Waals surface area (Å²) in [5.74, 6) is -0.282. The van der Waals surface area contributed by atoms with E-state index in [1.54, 1.807) is 36.2 Å². The van der Waals surface area contributed by atoms with Gasteiger partial charge in [-0.05, 0) is 55.3 Å². The van der Waals surface area contributed by atoms with Gasteiger partial charge in [-0.25, -0.2) is 0 Å². The average Bonchev–Trinajstić information content (AvgIpc) is 2.77. The Kier molecular flexibility index (Phi) is 9.06. The Hall–Kier alpha value is -3.35. The highest BCUT2D eigenvalue weighted by Crippen LogP contribution is 2.17. The van der Waals surface area contributed by atoms with Crippen molar-refractivity contribution in [3.05, 3.63) is 54.1 Å². The minimum Gasteiger partial charge on any atom is -0.376 e. The Morgan fingerprint density at radius 1 is 0.903 bits per heavy atom. The topological polar surface area (TPSA) is 81.8 Å². The van der Waals surface area contributed by atoms with Crippen LogP contribution in [0, 0.1) is 0 Å². The summed E-state index contributed by atoms with van der Waals surface area (Å²) in [7, 11) is 1.71. The van der Waals surface area contributed by atoms with E-state index in [1.165, 1.54) is 6.92 Å². The zero-order valence-electron chi connectivity index (χ0n) is 18.8. The lowest BCUT2D eigenvalue weighted by molar-refractivity contribution is -0.116. The summed E-state index contributed by atoms with van der Waals surface area (Å²) in [5.41, 5.74) is 2.71. The van der Waals surface area contributed by atoms with Gasteiger partial charge in [0.05, 0.1) is 6.54 Å². The van der Waals surface area contributed by atoms with E-state index in [4.69, 9.17) is 0 Å². The molecule has 166 valence electrons. The van der Waals surface area contributed by atoms with Crippen LogP contribution in [0.15, 0.2) is 48.5 Å². The highest BCUT2D eigenvalue weighted by molar-refractivity contribution is 5.98. The highest BCUT2D eigenvalue weighted by Gasteiger charge is 2.15. The number of carbonyl (C=O) groups excluding carboxylic acids is 3. The van der Waals surface area contributed by atoms with Gasteiger partial charge in [-0.2, -0.15) is 0 Å². The van der Waals surface area contributed by atoms with Crippen molar-refractivity contribution in [2.45, 2.75) is 33.6 Å². The lowest BCUT2D eigenvalue weighted by Gasteiger charge is -2.21. The van der Waals surface area contributed by atoms with Crippen LogP contribution >= 0.6 is 0 Å². The summed E-state index contributed by atoms with van der Waals surface area (Å²) < 4.78 is 0. The molecule has 0 aromatic heterocycles. The molecule has 0 aliphatic heterocycles. The molecule has 0 saturated heterocycles. The number of anilines is 3. The second kappa shape index (κ2) is 11.7. The molecule has 2 aromatic rings. The van der Waals surface area contributed by atoms with Gasteiger partial charge in [-0.3, -0.25) is 14.4 Å². The maximum Gasteiger partial charge on any atom is 0.253 e. The van der Waals surface area contributed by atoms with Gasteiger partial charge in [0.1, 0.15) is 0 Å². The first-order valence-corrected chi connectivity index (χ1v) is 10.6. The van der Waals surface area contributed by atoms with E-state index in [1.807, 2.05) is 29.2 Å². The Morgan fingerprint density at radius 3 is 2.13 bits per heavy atom. The summed E-state index contributed by atoms with van der Waals surface area (Å²) in [6, 6.07) is 14.3. The Bertz CT molecular complexity index is 890. The molecule has 7 nitrogen and oxygen atoms in total. The molecule has 2 rings (SSSR count). The Balaban J connectivity index is 1.94. The monoisotopic (exact) mass is 424 g/mol. The van der Waals surface area contributed by atoms with Gasteiger partial charge in [0.15, 0.2) is 0 Å². The average molecular weight is 425 g/mol. The van der Waals surface area contributed by atoms with Crippen LogP contribution in [0.1, 0.15) is 44.0 Å². The zero-order chi connectivity index (χ0) is 22.8. The normalized spacial score (nSPS) is 10.3. The molecule has 0 radical (unpaired) electrons. The van der Waals surface area contributed by atoms with E-state index in [-0.39, 0.29) is 24.3 Å². The van der Waals surface area contributed by atoms with Crippen molar-refractivity contribution < 1.29 is 14.4 Å². The molecule has 0 atom stereocenters. The molecule has 31 heavy (non-hydrogen) atoms. The van der Waals surface area contributed by atoms with E-state index in [0.29, 0.717) is 24.3 Å². The van der Waals surface area contributed by atoms with Crippen LogP contribution in [0.5, 0.6) is 0 Å². The van der Waals surface area contributed by atoms with Crippen molar-refractivity contribution in [2.24, 2.45) is 0 Å². The van der Waals surface area contributed by atoms with Crippen LogP contribution in [0.3, 0.4) is 0 Å². The van der Waals surface area contributed by atoms with Crippen LogP contribution in [0.2, 0.25) is 0 Å². The van der Waals surface area contributed by atoms with E-state index in [0.717, 1.165) is 24.2 Å². The van der Waals surface area contributed by atoms with Crippen molar-refractivity contribution in [1.29, 1.82) is 0 Å². The number of carbonyl (C=O) groups is 3. The van der Waals surface area contributed by atoms with Gasteiger partial charge < -0.3 is 20.4 Å². The molecule has 0 saturated carbocycles. The molecule has 3 amide bonds. The second-order valence-electron chi connectivity index (χ2n) is 7.40. The van der Waals surface area contributed by atoms with Gasteiger partial charge in [-0.15, -0.1) is 0 Å². The first-order chi connectivity index (χ1) is 14.8. The largest absolute Gasteiger partial charge is 0.376 e. The molecule has 0 unspecified atom stereocenters. The van der Waals surface area contributed by atoms with E-state index in [9.17, 15) is 14.4 Å². The smallest absolute Gasteiger partial charge is 0.253 e. The molecule has 2 aromatic carbocycles. The molecule has 0 heterocycles. The van der Waals surface area contributed by atoms with Crippen molar-refractivity contribution in [3.63, 3.8) is 0 Å². The molecule has 0 aliphatic carbocycles. The molecular weight excluding hydrogens is 392 g/mol. The van der Waals surface area contributed by atoms with Gasteiger partial charge in [0.25, 0.3) is 5.91 Å². The summed E-state index contributed by atoms with van der Waals surface area (Å²) in [4.78, 5) is 39.9. The number of rotatable bonds is 10. The standard InChI is InChI=1S/C24H32N4O3/c1-5-14-28(15-6-2)24(31)19-8-7-9-21(16-19)26-23(30)17-25-20-10-12-22(13-11-20)27(4)18(3)29/h7-13,16,25H,5-6,14-15,17H2,1-4H3,(H,26,30). The van der Waals surface area contributed by atoms with Crippen molar-refractivity contribution in [1.82, 2.24) is 4.90 Å². The number of nitrogens with zero attached hydrogens (tertiary/aromatic N) is 2. The molecule has 0 spiro atoms. The zero-order valence-corrected chi connectivity index (χ0v) is 18.8. The number of amides is 3. The van der Waals surface area contributed by atoms with Crippen molar-refractivity contribution >= 4 is 34.8 Å². The van der Waals surface area contributed by atoms with Gasteiger partial charge in [0, 0.05) is 49.7 Å². The van der Waals surface area contributed by atoms with E-state index in [2.05, 4.69) is 24.5 Å².